The van der Waals surface area contributed by atoms with Crippen LogP contribution in [0.5, 0.6) is 0 Å². The van der Waals surface area contributed by atoms with Gasteiger partial charge in [-0.1, -0.05) is 18.2 Å². The van der Waals surface area contributed by atoms with Gasteiger partial charge in [0.25, 0.3) is 5.91 Å². The van der Waals surface area contributed by atoms with Crippen LogP contribution in [-0.4, -0.2) is 20.9 Å². The molecule has 0 saturated heterocycles. The number of nitrogens with zero attached hydrogens (tertiary/aromatic N) is 3. The lowest BCUT2D eigenvalue weighted by Crippen LogP contribution is -2.24. The van der Waals surface area contributed by atoms with Gasteiger partial charge >= 0.3 is 0 Å². The van der Waals surface area contributed by atoms with Gasteiger partial charge in [-0.05, 0) is 43.7 Å². The van der Waals surface area contributed by atoms with Gasteiger partial charge in [0.15, 0.2) is 0 Å². The summed E-state index contributed by atoms with van der Waals surface area (Å²) in [7, 11) is 0. The van der Waals surface area contributed by atoms with E-state index in [9.17, 15) is 4.79 Å². The highest BCUT2D eigenvalue weighted by molar-refractivity contribution is 5.93. The zero-order valence-corrected chi connectivity index (χ0v) is 14.2. The molecule has 0 bridgehead atoms. The summed E-state index contributed by atoms with van der Waals surface area (Å²) in [5.41, 5.74) is 3.17. The predicted molar refractivity (Wildman–Crippen MR) is 96.6 cm³/mol. The minimum Gasteiger partial charge on any atom is -0.345 e. The second-order valence-corrected chi connectivity index (χ2v) is 5.68. The molecule has 2 N–H and O–H groups in total. The van der Waals surface area contributed by atoms with Crippen LogP contribution in [-0.2, 0) is 6.54 Å². The fourth-order valence-corrected chi connectivity index (χ4v) is 2.38. The molecule has 2 aromatic heterocycles. The molecule has 6 nitrogen and oxygen atoms in total. The number of aryl methyl sites for hydroxylation is 2. The van der Waals surface area contributed by atoms with E-state index in [2.05, 4.69) is 25.6 Å². The average Bonchev–Trinajstić information content (AvgIpc) is 2.60. The van der Waals surface area contributed by atoms with Crippen LogP contribution in [0.3, 0.4) is 0 Å². The highest BCUT2D eigenvalue weighted by Gasteiger charge is 2.11. The van der Waals surface area contributed by atoms with Crippen LogP contribution in [0.15, 0.2) is 54.7 Å². The molecular formula is C19H19N5O. The van der Waals surface area contributed by atoms with Crippen molar-refractivity contribution in [2.75, 3.05) is 5.32 Å². The Hall–Kier alpha value is -3.28. The molecule has 0 atom stereocenters. The SMILES string of the molecule is Cc1cccc(Nc2cc(C(=O)NCc3ccccn3)nc(C)n2)c1. The fourth-order valence-electron chi connectivity index (χ4n) is 2.38. The molecule has 0 unspecified atom stereocenters. The van der Waals surface area contributed by atoms with Gasteiger partial charge in [-0.3, -0.25) is 9.78 Å². The van der Waals surface area contributed by atoms with Crippen molar-refractivity contribution in [1.82, 2.24) is 20.3 Å². The van der Waals surface area contributed by atoms with Gasteiger partial charge in [0.1, 0.15) is 17.3 Å². The van der Waals surface area contributed by atoms with Crippen LogP contribution < -0.4 is 10.6 Å². The van der Waals surface area contributed by atoms with Crippen molar-refractivity contribution in [3.8, 4) is 0 Å². The van der Waals surface area contributed by atoms with Crippen molar-refractivity contribution in [3.05, 3.63) is 77.5 Å². The summed E-state index contributed by atoms with van der Waals surface area (Å²) in [4.78, 5) is 25.1. The molecule has 1 amide bonds. The van der Waals surface area contributed by atoms with Gasteiger partial charge in [0.2, 0.25) is 0 Å². The second kappa shape index (κ2) is 7.53. The van der Waals surface area contributed by atoms with Crippen LogP contribution in [0.2, 0.25) is 0 Å². The van der Waals surface area contributed by atoms with Gasteiger partial charge in [-0.2, -0.15) is 0 Å². The Kier molecular flexibility index (Phi) is 4.99. The molecule has 2 heterocycles. The van der Waals surface area contributed by atoms with Gasteiger partial charge in [0.05, 0.1) is 12.2 Å². The molecule has 6 heteroatoms. The Morgan fingerprint density at radius 3 is 2.68 bits per heavy atom. The molecule has 0 spiro atoms. The first-order valence-electron chi connectivity index (χ1n) is 7.97. The van der Waals surface area contributed by atoms with E-state index in [0.29, 0.717) is 23.9 Å². The minimum atomic E-state index is -0.261. The first kappa shape index (κ1) is 16.6. The van der Waals surface area contributed by atoms with Crippen LogP contribution in [0.4, 0.5) is 11.5 Å². The summed E-state index contributed by atoms with van der Waals surface area (Å²) in [6.45, 7) is 4.13. The third-order valence-electron chi connectivity index (χ3n) is 3.52. The number of amides is 1. The molecule has 126 valence electrons. The van der Waals surface area contributed by atoms with Crippen molar-refractivity contribution in [3.63, 3.8) is 0 Å². The largest absolute Gasteiger partial charge is 0.345 e. The average molecular weight is 333 g/mol. The maximum Gasteiger partial charge on any atom is 0.270 e. The van der Waals surface area contributed by atoms with E-state index in [1.54, 1.807) is 19.2 Å². The fraction of sp³-hybridized carbons (Fsp3) is 0.158. The number of carbonyl (C=O) groups excluding carboxylic acids is 1. The number of aromatic nitrogens is 3. The summed E-state index contributed by atoms with van der Waals surface area (Å²) in [5, 5.41) is 6.03. The maximum atomic E-state index is 12.4. The lowest BCUT2D eigenvalue weighted by atomic mass is 10.2. The number of nitrogens with one attached hydrogen (secondary N) is 2. The molecule has 0 radical (unpaired) electrons. The van der Waals surface area contributed by atoms with E-state index in [-0.39, 0.29) is 5.91 Å². The highest BCUT2D eigenvalue weighted by Crippen LogP contribution is 2.16. The van der Waals surface area contributed by atoms with Crippen molar-refractivity contribution >= 4 is 17.4 Å². The molecule has 0 fully saturated rings. The standard InChI is InChI=1S/C19H19N5O/c1-13-6-5-8-15(10-13)24-18-11-17(22-14(2)23-18)19(25)21-12-16-7-3-4-9-20-16/h3-11H,12H2,1-2H3,(H,21,25)(H,22,23,24). The van der Waals surface area contributed by atoms with E-state index < -0.39 is 0 Å². The summed E-state index contributed by atoms with van der Waals surface area (Å²) < 4.78 is 0. The third-order valence-corrected chi connectivity index (χ3v) is 3.52. The van der Waals surface area contributed by atoms with E-state index in [4.69, 9.17) is 0 Å². The molecular weight excluding hydrogens is 314 g/mol. The van der Waals surface area contributed by atoms with Crippen molar-refractivity contribution in [2.45, 2.75) is 20.4 Å². The van der Waals surface area contributed by atoms with Gasteiger partial charge < -0.3 is 10.6 Å². The lowest BCUT2D eigenvalue weighted by molar-refractivity contribution is 0.0945. The van der Waals surface area contributed by atoms with Crippen LogP contribution in [0.25, 0.3) is 0 Å². The maximum absolute atomic E-state index is 12.4. The summed E-state index contributed by atoms with van der Waals surface area (Å²) >= 11 is 0. The molecule has 0 saturated carbocycles. The Bertz CT molecular complexity index is 880. The number of pyridine rings is 1. The van der Waals surface area contributed by atoms with Crippen molar-refractivity contribution in [2.24, 2.45) is 0 Å². The monoisotopic (exact) mass is 333 g/mol. The van der Waals surface area contributed by atoms with Crippen LogP contribution in [0, 0.1) is 13.8 Å². The molecule has 3 rings (SSSR count). The number of carbonyl (C=O) groups is 1. The molecule has 25 heavy (non-hydrogen) atoms. The quantitative estimate of drug-likeness (QED) is 0.750. The molecule has 0 aliphatic heterocycles. The zero-order valence-electron chi connectivity index (χ0n) is 14.2. The van der Waals surface area contributed by atoms with Gasteiger partial charge in [-0.15, -0.1) is 0 Å². The first-order valence-corrected chi connectivity index (χ1v) is 7.97. The highest BCUT2D eigenvalue weighted by atomic mass is 16.1. The van der Waals surface area contributed by atoms with Crippen LogP contribution in [0.1, 0.15) is 27.6 Å². The van der Waals surface area contributed by atoms with Crippen molar-refractivity contribution < 1.29 is 4.79 Å². The van der Waals surface area contributed by atoms with E-state index >= 15 is 0 Å². The van der Waals surface area contributed by atoms with Gasteiger partial charge in [0, 0.05) is 18.0 Å². The lowest BCUT2D eigenvalue weighted by Gasteiger charge is -2.09. The van der Waals surface area contributed by atoms with E-state index in [0.717, 1.165) is 16.9 Å². The molecule has 3 aromatic rings. The summed E-state index contributed by atoms with van der Waals surface area (Å²) in [5.74, 6) is 0.852. The molecule has 0 aliphatic rings. The Morgan fingerprint density at radius 2 is 1.92 bits per heavy atom. The first-order chi connectivity index (χ1) is 12.1. The smallest absolute Gasteiger partial charge is 0.270 e. The Labute approximate surface area is 146 Å². The number of hydrogen-bond donors (Lipinski definition) is 2. The minimum absolute atomic E-state index is 0.261. The normalized spacial score (nSPS) is 10.3. The number of benzene rings is 1. The van der Waals surface area contributed by atoms with Gasteiger partial charge in [-0.25, -0.2) is 9.97 Å². The topological polar surface area (TPSA) is 79.8 Å². The molecule has 0 aliphatic carbocycles. The Balaban J connectivity index is 1.73. The number of rotatable bonds is 5. The number of hydrogen-bond acceptors (Lipinski definition) is 5. The molecule has 1 aromatic carbocycles. The van der Waals surface area contributed by atoms with Crippen LogP contribution >= 0.6 is 0 Å². The zero-order chi connectivity index (χ0) is 17.6. The third kappa shape index (κ3) is 4.60. The number of anilines is 2. The van der Waals surface area contributed by atoms with Crippen molar-refractivity contribution in [1.29, 1.82) is 0 Å². The Morgan fingerprint density at radius 1 is 1.04 bits per heavy atom. The van der Waals surface area contributed by atoms with E-state index in [1.807, 2.05) is 49.4 Å². The summed E-state index contributed by atoms with van der Waals surface area (Å²) in [6, 6.07) is 15.2. The van der Waals surface area contributed by atoms with E-state index in [1.165, 1.54) is 0 Å². The second-order valence-electron chi connectivity index (χ2n) is 5.68. The predicted octanol–water partition coefficient (Wildman–Crippen LogP) is 3.16. The summed E-state index contributed by atoms with van der Waals surface area (Å²) in [6.07, 6.45) is 1.69.